The number of rotatable bonds is 6. The molecule has 35 heavy (non-hydrogen) atoms. The number of ketones is 1. The number of aromatic nitrogens is 3. The van der Waals surface area contributed by atoms with Crippen LogP contribution in [0.15, 0.2) is 48.9 Å². The zero-order chi connectivity index (χ0) is 24.7. The van der Waals surface area contributed by atoms with Gasteiger partial charge in [0.1, 0.15) is 22.8 Å². The number of hydrogen-bond donors (Lipinski definition) is 3. The molecule has 0 fully saturated rings. The molecule has 0 bridgehead atoms. The van der Waals surface area contributed by atoms with Gasteiger partial charge < -0.3 is 25.1 Å². The predicted octanol–water partition coefficient (Wildman–Crippen LogP) is 4.20. The number of anilines is 2. The van der Waals surface area contributed by atoms with Crippen molar-refractivity contribution < 1.29 is 23.5 Å². The van der Waals surface area contributed by atoms with Crippen molar-refractivity contribution in [1.29, 1.82) is 0 Å². The van der Waals surface area contributed by atoms with E-state index in [9.17, 15) is 9.59 Å². The van der Waals surface area contributed by atoms with Gasteiger partial charge in [-0.3, -0.25) is 9.59 Å². The number of methoxy groups -OCH3 is 1. The summed E-state index contributed by atoms with van der Waals surface area (Å²) in [4.78, 5) is 37.4. The van der Waals surface area contributed by atoms with Gasteiger partial charge in [0.25, 0.3) is 5.91 Å². The quantitative estimate of drug-likeness (QED) is 0.358. The molecule has 1 amide bonds. The van der Waals surface area contributed by atoms with E-state index in [-0.39, 0.29) is 29.4 Å². The van der Waals surface area contributed by atoms with Gasteiger partial charge in [-0.2, -0.15) is 0 Å². The number of amides is 1. The highest BCUT2D eigenvalue weighted by Gasteiger charge is 2.39. The van der Waals surface area contributed by atoms with Gasteiger partial charge in [0.05, 0.1) is 40.7 Å². The molecule has 3 N–H and O–H groups in total. The second kappa shape index (κ2) is 8.48. The summed E-state index contributed by atoms with van der Waals surface area (Å²) in [6.07, 6.45) is 4.57. The normalized spacial score (nSPS) is 17.0. The molecule has 0 aliphatic carbocycles. The molecule has 178 valence electrons. The molecule has 0 radical (unpaired) electrons. The summed E-state index contributed by atoms with van der Waals surface area (Å²) >= 11 is 0. The summed E-state index contributed by atoms with van der Waals surface area (Å²) in [5.41, 5.74) is 1.30. The van der Waals surface area contributed by atoms with Gasteiger partial charge in [-0.05, 0) is 37.6 Å². The number of pyridine rings is 2. The van der Waals surface area contributed by atoms with Crippen molar-refractivity contribution >= 4 is 34.1 Å². The number of H-pyrrole nitrogens is 1. The molecule has 1 aromatic carbocycles. The molecule has 10 heteroatoms. The molecule has 1 aliphatic rings. The van der Waals surface area contributed by atoms with Crippen molar-refractivity contribution in [2.75, 3.05) is 24.4 Å². The molecule has 3 aromatic heterocycles. The van der Waals surface area contributed by atoms with E-state index in [2.05, 4.69) is 25.6 Å². The van der Waals surface area contributed by atoms with Gasteiger partial charge in [-0.15, -0.1) is 0 Å². The number of hydrogen-bond acceptors (Lipinski definition) is 7. The number of halogens is 1. The van der Waals surface area contributed by atoms with E-state index in [1.54, 1.807) is 19.2 Å². The number of carbonyl (C=O) groups excluding carboxylic acids is 2. The topological polar surface area (TPSA) is 118 Å². The van der Waals surface area contributed by atoms with E-state index in [1.165, 1.54) is 31.6 Å². The van der Waals surface area contributed by atoms with E-state index < -0.39 is 17.1 Å². The number of aryl methyl sites for hydroxylation is 1. The maximum absolute atomic E-state index is 15.1. The molecule has 1 aliphatic heterocycles. The van der Waals surface area contributed by atoms with Gasteiger partial charge in [0, 0.05) is 31.6 Å². The van der Waals surface area contributed by atoms with Crippen LogP contribution in [0.4, 0.5) is 15.8 Å². The SMILES string of the molecule is COCC1(C)Nc2c(cnc3[nH]cc(C(=O)c4ccc(Oc5cc(C)ccn5)cc4F)c23)NC1=O. The van der Waals surface area contributed by atoms with Crippen LogP contribution in [0.5, 0.6) is 11.6 Å². The van der Waals surface area contributed by atoms with Crippen LogP contribution in [0.25, 0.3) is 11.0 Å². The Labute approximate surface area is 199 Å². The molecule has 5 rings (SSSR count). The maximum atomic E-state index is 15.1. The van der Waals surface area contributed by atoms with Crippen LogP contribution in [0.2, 0.25) is 0 Å². The predicted molar refractivity (Wildman–Crippen MR) is 128 cm³/mol. The largest absolute Gasteiger partial charge is 0.439 e. The van der Waals surface area contributed by atoms with Crippen LogP contribution in [-0.4, -0.2) is 45.9 Å². The van der Waals surface area contributed by atoms with Gasteiger partial charge in [-0.1, -0.05) is 0 Å². The molecule has 1 unspecified atom stereocenters. The Balaban J connectivity index is 1.51. The summed E-state index contributed by atoms with van der Waals surface area (Å²) in [7, 11) is 1.49. The fourth-order valence-electron chi connectivity index (χ4n) is 4.06. The van der Waals surface area contributed by atoms with Crippen molar-refractivity contribution in [3.63, 3.8) is 0 Å². The maximum Gasteiger partial charge on any atom is 0.252 e. The molecule has 4 aromatic rings. The Morgan fingerprint density at radius 1 is 1.17 bits per heavy atom. The standard InChI is InChI=1S/C25H22FN5O4/c1-13-6-7-27-19(8-13)35-14-4-5-15(17(26)9-14)22(32)16-10-28-23-20(16)21-18(11-29-23)30-24(33)25(2,31-21)12-34-3/h4-11,31H,12H2,1-3H3,(H,28,29)(H,30,33). The van der Waals surface area contributed by atoms with Gasteiger partial charge in [-0.25, -0.2) is 14.4 Å². The van der Waals surface area contributed by atoms with E-state index in [4.69, 9.17) is 9.47 Å². The number of aromatic amines is 1. The van der Waals surface area contributed by atoms with Crippen molar-refractivity contribution in [3.05, 3.63) is 71.4 Å². The second-order valence-corrected chi connectivity index (χ2v) is 8.56. The third kappa shape index (κ3) is 3.97. The minimum atomic E-state index is -1.07. The molecule has 1 atom stereocenters. The Kier molecular flexibility index (Phi) is 5.45. The molecule has 0 spiro atoms. The average molecular weight is 475 g/mol. The average Bonchev–Trinajstić information content (AvgIpc) is 3.25. The lowest BCUT2D eigenvalue weighted by Crippen LogP contribution is -2.53. The third-order valence-corrected chi connectivity index (χ3v) is 5.83. The van der Waals surface area contributed by atoms with Crippen LogP contribution in [0.1, 0.15) is 28.4 Å². The number of carbonyl (C=O) groups is 2. The first kappa shape index (κ1) is 22.5. The summed E-state index contributed by atoms with van der Waals surface area (Å²) < 4.78 is 25.9. The summed E-state index contributed by atoms with van der Waals surface area (Å²) in [6, 6.07) is 7.57. The molecule has 9 nitrogen and oxygen atoms in total. The smallest absolute Gasteiger partial charge is 0.252 e. The van der Waals surface area contributed by atoms with Gasteiger partial charge in [0.2, 0.25) is 5.88 Å². The Morgan fingerprint density at radius 2 is 2.00 bits per heavy atom. The van der Waals surface area contributed by atoms with E-state index in [0.29, 0.717) is 28.3 Å². The number of nitrogens with one attached hydrogen (secondary N) is 3. The number of nitrogens with zero attached hydrogens (tertiary/aromatic N) is 2. The molecule has 4 heterocycles. The van der Waals surface area contributed by atoms with Crippen LogP contribution < -0.4 is 15.4 Å². The first-order chi connectivity index (χ1) is 16.8. The van der Waals surface area contributed by atoms with Crippen LogP contribution in [0.3, 0.4) is 0 Å². The van der Waals surface area contributed by atoms with E-state index in [1.807, 2.05) is 13.0 Å². The van der Waals surface area contributed by atoms with Crippen molar-refractivity contribution in [2.24, 2.45) is 0 Å². The summed E-state index contributed by atoms with van der Waals surface area (Å²) in [5.74, 6) is -1.03. The minimum absolute atomic E-state index is 0.0989. The third-order valence-electron chi connectivity index (χ3n) is 5.83. The fraction of sp³-hybridized carbons (Fsp3) is 0.200. The van der Waals surface area contributed by atoms with E-state index >= 15 is 4.39 Å². The fourth-order valence-corrected chi connectivity index (χ4v) is 4.06. The number of benzene rings is 1. The molecular formula is C25H22FN5O4. The lowest BCUT2D eigenvalue weighted by atomic mass is 9.96. The first-order valence-corrected chi connectivity index (χ1v) is 10.8. The lowest BCUT2D eigenvalue weighted by molar-refractivity contribution is -0.121. The van der Waals surface area contributed by atoms with Crippen LogP contribution in [0, 0.1) is 12.7 Å². The summed E-state index contributed by atoms with van der Waals surface area (Å²) in [6.45, 7) is 3.68. The Morgan fingerprint density at radius 3 is 2.74 bits per heavy atom. The highest BCUT2D eigenvalue weighted by atomic mass is 19.1. The van der Waals surface area contributed by atoms with Crippen molar-refractivity contribution in [1.82, 2.24) is 15.0 Å². The highest BCUT2D eigenvalue weighted by molar-refractivity contribution is 6.21. The zero-order valence-corrected chi connectivity index (χ0v) is 19.2. The minimum Gasteiger partial charge on any atom is -0.439 e. The van der Waals surface area contributed by atoms with Crippen LogP contribution in [-0.2, 0) is 9.53 Å². The van der Waals surface area contributed by atoms with Gasteiger partial charge in [0.15, 0.2) is 5.78 Å². The zero-order valence-electron chi connectivity index (χ0n) is 19.2. The van der Waals surface area contributed by atoms with Crippen LogP contribution >= 0.6 is 0 Å². The highest BCUT2D eigenvalue weighted by Crippen LogP contribution is 2.39. The molecule has 0 saturated heterocycles. The Hall–Kier alpha value is -4.31. The monoisotopic (exact) mass is 475 g/mol. The molecular weight excluding hydrogens is 453 g/mol. The Bertz CT molecular complexity index is 1480. The molecule has 0 saturated carbocycles. The second-order valence-electron chi connectivity index (χ2n) is 8.56. The van der Waals surface area contributed by atoms with E-state index in [0.717, 1.165) is 11.6 Å². The number of ether oxygens (including phenoxy) is 2. The van der Waals surface area contributed by atoms with Gasteiger partial charge >= 0.3 is 0 Å². The summed E-state index contributed by atoms with van der Waals surface area (Å²) in [5, 5.41) is 6.43. The first-order valence-electron chi connectivity index (χ1n) is 10.8. The number of fused-ring (bicyclic) bond motifs is 3. The van der Waals surface area contributed by atoms with Crippen molar-refractivity contribution in [3.8, 4) is 11.6 Å². The van der Waals surface area contributed by atoms with Crippen molar-refractivity contribution in [2.45, 2.75) is 19.4 Å². The lowest BCUT2D eigenvalue weighted by Gasteiger charge is -2.35.